The molecule has 102 valence electrons. The second kappa shape index (κ2) is 5.27. The fraction of sp³-hybridized carbons (Fsp3) is 0.0667. The van der Waals surface area contributed by atoms with Crippen molar-refractivity contribution in [2.24, 2.45) is 0 Å². The maximum atomic E-state index is 9.39. The predicted molar refractivity (Wildman–Crippen MR) is 81.7 cm³/mol. The van der Waals surface area contributed by atoms with E-state index in [1.807, 2.05) is 24.3 Å². The molecule has 1 heterocycles. The zero-order valence-electron chi connectivity index (χ0n) is 10.4. The molecule has 0 fully saturated rings. The second-order valence-corrected chi connectivity index (χ2v) is 5.12. The van der Waals surface area contributed by atoms with Gasteiger partial charge in [-0.1, -0.05) is 29.8 Å². The highest BCUT2D eigenvalue weighted by atomic mass is 35.5. The molecule has 0 saturated heterocycles. The molecule has 0 saturated carbocycles. The van der Waals surface area contributed by atoms with E-state index < -0.39 is 0 Å². The van der Waals surface area contributed by atoms with Gasteiger partial charge < -0.3 is 14.8 Å². The SMILES string of the molecule is Oc1ccc(NCc2c(Cl)oc3ccccc23)cc1Cl. The van der Waals surface area contributed by atoms with E-state index in [9.17, 15) is 5.11 Å². The normalized spacial score (nSPS) is 10.9. The third-order valence-electron chi connectivity index (χ3n) is 3.07. The molecule has 0 unspecified atom stereocenters. The molecule has 0 aliphatic carbocycles. The van der Waals surface area contributed by atoms with Gasteiger partial charge in [-0.15, -0.1) is 0 Å². The summed E-state index contributed by atoms with van der Waals surface area (Å²) in [5.41, 5.74) is 2.46. The molecule has 0 radical (unpaired) electrons. The topological polar surface area (TPSA) is 45.4 Å². The van der Waals surface area contributed by atoms with E-state index in [4.69, 9.17) is 27.6 Å². The number of rotatable bonds is 3. The maximum Gasteiger partial charge on any atom is 0.199 e. The van der Waals surface area contributed by atoms with Gasteiger partial charge >= 0.3 is 0 Å². The van der Waals surface area contributed by atoms with Gasteiger partial charge in [0.2, 0.25) is 0 Å². The van der Waals surface area contributed by atoms with Gasteiger partial charge in [-0.05, 0) is 35.9 Å². The highest BCUT2D eigenvalue weighted by Crippen LogP contribution is 2.31. The largest absolute Gasteiger partial charge is 0.506 e. The highest BCUT2D eigenvalue weighted by molar-refractivity contribution is 6.32. The Kier molecular flexibility index (Phi) is 3.47. The van der Waals surface area contributed by atoms with Crippen LogP contribution in [0.4, 0.5) is 5.69 Å². The number of benzene rings is 2. The van der Waals surface area contributed by atoms with Crippen LogP contribution in [0.2, 0.25) is 10.2 Å². The monoisotopic (exact) mass is 307 g/mol. The van der Waals surface area contributed by atoms with E-state index >= 15 is 0 Å². The first kappa shape index (κ1) is 13.2. The lowest BCUT2D eigenvalue weighted by Gasteiger charge is -2.07. The zero-order chi connectivity index (χ0) is 14.1. The van der Waals surface area contributed by atoms with Gasteiger partial charge in [0, 0.05) is 23.2 Å². The molecular weight excluding hydrogens is 297 g/mol. The zero-order valence-corrected chi connectivity index (χ0v) is 11.9. The van der Waals surface area contributed by atoms with Crippen molar-refractivity contribution in [3.8, 4) is 5.75 Å². The van der Waals surface area contributed by atoms with Crippen LogP contribution in [0.1, 0.15) is 5.56 Å². The molecule has 2 aromatic carbocycles. The Hall–Kier alpha value is -1.84. The van der Waals surface area contributed by atoms with Crippen molar-refractivity contribution < 1.29 is 9.52 Å². The van der Waals surface area contributed by atoms with Crippen molar-refractivity contribution in [2.75, 3.05) is 5.32 Å². The summed E-state index contributed by atoms with van der Waals surface area (Å²) < 4.78 is 5.49. The summed E-state index contributed by atoms with van der Waals surface area (Å²) >= 11 is 12.0. The predicted octanol–water partition coefficient (Wildman–Crippen LogP) is 5.06. The van der Waals surface area contributed by atoms with Gasteiger partial charge in [-0.3, -0.25) is 0 Å². The molecule has 0 atom stereocenters. The summed E-state index contributed by atoms with van der Waals surface area (Å²) in [6.45, 7) is 0.511. The minimum atomic E-state index is 0.0593. The first-order valence-electron chi connectivity index (χ1n) is 6.03. The number of nitrogens with one attached hydrogen (secondary N) is 1. The summed E-state index contributed by atoms with van der Waals surface area (Å²) in [7, 11) is 0. The number of phenols is 1. The van der Waals surface area contributed by atoms with Gasteiger partial charge in [-0.2, -0.15) is 0 Å². The quantitative estimate of drug-likeness (QED) is 0.665. The Labute approximate surface area is 125 Å². The number of halogens is 2. The number of fused-ring (bicyclic) bond motifs is 1. The molecule has 0 amide bonds. The number of furan rings is 1. The van der Waals surface area contributed by atoms with Crippen molar-refractivity contribution in [2.45, 2.75) is 6.54 Å². The average Bonchev–Trinajstić information content (AvgIpc) is 2.76. The van der Waals surface area contributed by atoms with Crippen molar-refractivity contribution in [1.82, 2.24) is 0 Å². The summed E-state index contributed by atoms with van der Waals surface area (Å²) in [5.74, 6) is 0.0593. The van der Waals surface area contributed by atoms with Gasteiger partial charge in [0.1, 0.15) is 11.3 Å². The van der Waals surface area contributed by atoms with E-state index in [2.05, 4.69) is 5.32 Å². The Morgan fingerprint density at radius 1 is 1.10 bits per heavy atom. The van der Waals surface area contributed by atoms with Gasteiger partial charge in [0.05, 0.1) is 5.02 Å². The summed E-state index contributed by atoms with van der Waals surface area (Å²) in [5, 5.41) is 14.3. The third kappa shape index (κ3) is 2.42. The van der Waals surface area contributed by atoms with Crippen LogP contribution in [0.25, 0.3) is 11.0 Å². The van der Waals surface area contributed by atoms with Crippen LogP contribution < -0.4 is 5.32 Å². The molecule has 2 N–H and O–H groups in total. The van der Waals surface area contributed by atoms with Crippen LogP contribution in [-0.2, 0) is 6.54 Å². The van der Waals surface area contributed by atoms with Gasteiger partial charge in [0.15, 0.2) is 5.22 Å². The molecule has 3 nitrogen and oxygen atoms in total. The van der Waals surface area contributed by atoms with Crippen LogP contribution in [0.3, 0.4) is 0 Å². The highest BCUT2D eigenvalue weighted by Gasteiger charge is 2.11. The molecule has 3 rings (SSSR count). The molecular formula is C15H11Cl2NO2. The van der Waals surface area contributed by atoms with E-state index in [0.717, 1.165) is 22.2 Å². The van der Waals surface area contributed by atoms with E-state index in [1.165, 1.54) is 0 Å². The van der Waals surface area contributed by atoms with Crippen LogP contribution in [0.15, 0.2) is 46.9 Å². The van der Waals surface area contributed by atoms with Crippen molar-refractivity contribution in [3.63, 3.8) is 0 Å². The molecule has 20 heavy (non-hydrogen) atoms. The first-order chi connectivity index (χ1) is 9.65. The number of hydrogen-bond donors (Lipinski definition) is 2. The molecule has 0 aliphatic heterocycles. The molecule has 1 aromatic heterocycles. The minimum absolute atomic E-state index is 0.0593. The molecule has 0 aliphatic rings. The second-order valence-electron chi connectivity index (χ2n) is 4.37. The van der Waals surface area contributed by atoms with Gasteiger partial charge in [0.25, 0.3) is 0 Å². The number of para-hydroxylation sites is 1. The lowest BCUT2D eigenvalue weighted by molar-refractivity contribution is 0.475. The number of phenolic OH excluding ortho intramolecular Hbond substituents is 1. The Bertz CT molecular complexity index is 768. The van der Waals surface area contributed by atoms with E-state index in [1.54, 1.807) is 18.2 Å². The molecule has 5 heteroatoms. The van der Waals surface area contributed by atoms with Crippen LogP contribution in [-0.4, -0.2) is 5.11 Å². The van der Waals surface area contributed by atoms with Crippen molar-refractivity contribution in [3.05, 3.63) is 58.3 Å². The lowest BCUT2D eigenvalue weighted by atomic mass is 10.2. The Morgan fingerprint density at radius 3 is 2.70 bits per heavy atom. The molecule has 3 aromatic rings. The van der Waals surface area contributed by atoms with Gasteiger partial charge in [-0.25, -0.2) is 0 Å². The average molecular weight is 308 g/mol. The molecule has 0 spiro atoms. The van der Waals surface area contributed by atoms with Crippen LogP contribution in [0, 0.1) is 0 Å². The van der Waals surface area contributed by atoms with E-state index in [0.29, 0.717) is 16.8 Å². The van der Waals surface area contributed by atoms with Crippen LogP contribution in [0.5, 0.6) is 5.75 Å². The Balaban J connectivity index is 1.86. The minimum Gasteiger partial charge on any atom is -0.506 e. The fourth-order valence-electron chi connectivity index (χ4n) is 2.04. The summed E-state index contributed by atoms with van der Waals surface area (Å²) in [6.07, 6.45) is 0. The smallest absolute Gasteiger partial charge is 0.199 e. The summed E-state index contributed by atoms with van der Waals surface area (Å²) in [6, 6.07) is 12.6. The Morgan fingerprint density at radius 2 is 1.90 bits per heavy atom. The number of anilines is 1. The first-order valence-corrected chi connectivity index (χ1v) is 6.79. The number of hydrogen-bond acceptors (Lipinski definition) is 3. The van der Waals surface area contributed by atoms with Crippen molar-refractivity contribution in [1.29, 1.82) is 0 Å². The van der Waals surface area contributed by atoms with Crippen molar-refractivity contribution >= 4 is 39.9 Å². The van der Waals surface area contributed by atoms with Crippen LogP contribution >= 0.6 is 23.2 Å². The molecule has 0 bridgehead atoms. The third-order valence-corrected chi connectivity index (χ3v) is 3.67. The standard InChI is InChI=1S/C15H11Cl2NO2/c16-12-7-9(5-6-13(12)19)18-8-11-10-3-1-2-4-14(10)20-15(11)17/h1-7,18-19H,8H2. The lowest BCUT2D eigenvalue weighted by Crippen LogP contribution is -1.99. The van der Waals surface area contributed by atoms with E-state index in [-0.39, 0.29) is 5.75 Å². The fourth-order valence-corrected chi connectivity index (χ4v) is 2.47. The maximum absolute atomic E-state index is 9.39. The summed E-state index contributed by atoms with van der Waals surface area (Å²) in [4.78, 5) is 0. The number of aromatic hydroxyl groups is 1.